The molecule has 0 aromatic carbocycles. The molecule has 0 spiro atoms. The van der Waals surface area contributed by atoms with E-state index in [4.69, 9.17) is 4.42 Å². The van der Waals surface area contributed by atoms with E-state index in [1.54, 1.807) is 0 Å². The molecule has 0 saturated carbocycles. The molecule has 2 fully saturated rings. The highest BCUT2D eigenvalue weighted by Gasteiger charge is 2.27. The van der Waals surface area contributed by atoms with Gasteiger partial charge in [-0.2, -0.15) is 0 Å². The van der Waals surface area contributed by atoms with Crippen molar-refractivity contribution in [3.8, 4) is 0 Å². The second-order valence-corrected chi connectivity index (χ2v) is 6.77. The van der Waals surface area contributed by atoms with Gasteiger partial charge in [0.2, 0.25) is 17.7 Å². The van der Waals surface area contributed by atoms with Crippen LogP contribution in [-0.2, 0) is 4.79 Å². The lowest BCUT2D eigenvalue weighted by Crippen LogP contribution is -2.42. The zero-order valence-electron chi connectivity index (χ0n) is 13.6. The molecule has 2 aliphatic heterocycles. The van der Waals surface area contributed by atoms with Crippen molar-refractivity contribution in [2.75, 3.05) is 32.7 Å². The lowest BCUT2D eigenvalue weighted by Gasteiger charge is -2.31. The first kappa shape index (κ1) is 15.5. The van der Waals surface area contributed by atoms with E-state index in [1.807, 2.05) is 4.90 Å². The van der Waals surface area contributed by atoms with Crippen molar-refractivity contribution in [3.05, 3.63) is 11.8 Å². The third-order valence-electron chi connectivity index (χ3n) is 4.70. The highest BCUT2D eigenvalue weighted by atomic mass is 16.4. The third-order valence-corrected chi connectivity index (χ3v) is 4.70. The van der Waals surface area contributed by atoms with Crippen LogP contribution in [0.2, 0.25) is 0 Å². The first-order chi connectivity index (χ1) is 10.6. The quantitative estimate of drug-likeness (QED) is 0.851. The Balaban J connectivity index is 1.48. The summed E-state index contributed by atoms with van der Waals surface area (Å²) in [5.74, 6) is 2.41. The summed E-state index contributed by atoms with van der Waals surface area (Å²) >= 11 is 0. The number of carbonyl (C=O) groups excluding carboxylic acids is 1. The highest BCUT2D eigenvalue weighted by molar-refractivity contribution is 5.78. The van der Waals surface area contributed by atoms with Gasteiger partial charge in [0.15, 0.2) is 0 Å². The van der Waals surface area contributed by atoms with Crippen LogP contribution in [-0.4, -0.2) is 58.6 Å². The maximum atomic E-state index is 12.2. The molecule has 0 aliphatic carbocycles. The standard InChI is InChI=1S/C16H26N4O2/c1-12(2)15-17-18-16(22-15)13-5-9-19(10-6-13)11-14(21)20-7-3-4-8-20/h12-13H,3-11H2,1-2H3. The minimum absolute atomic E-state index is 0.277. The summed E-state index contributed by atoms with van der Waals surface area (Å²) in [6.45, 7) is 8.43. The van der Waals surface area contributed by atoms with E-state index in [0.717, 1.165) is 63.6 Å². The summed E-state index contributed by atoms with van der Waals surface area (Å²) in [6.07, 6.45) is 4.30. The number of carbonyl (C=O) groups is 1. The molecule has 0 atom stereocenters. The number of likely N-dealkylation sites (tertiary alicyclic amines) is 2. The maximum absolute atomic E-state index is 12.2. The van der Waals surface area contributed by atoms with Crippen LogP contribution in [0.15, 0.2) is 4.42 Å². The largest absolute Gasteiger partial charge is 0.425 e. The van der Waals surface area contributed by atoms with E-state index in [0.29, 0.717) is 12.5 Å². The summed E-state index contributed by atoms with van der Waals surface area (Å²) in [5, 5.41) is 8.32. The molecule has 0 radical (unpaired) electrons. The van der Waals surface area contributed by atoms with Gasteiger partial charge in [0.25, 0.3) is 0 Å². The summed E-state index contributed by atoms with van der Waals surface area (Å²) < 4.78 is 5.77. The Kier molecular flexibility index (Phi) is 4.76. The molecule has 1 aromatic heterocycles. The predicted molar refractivity (Wildman–Crippen MR) is 82.6 cm³/mol. The number of hydrogen-bond donors (Lipinski definition) is 0. The molecule has 2 aliphatic rings. The average molecular weight is 306 g/mol. The number of rotatable bonds is 4. The Morgan fingerprint density at radius 1 is 1.18 bits per heavy atom. The van der Waals surface area contributed by atoms with Crippen LogP contribution in [0.4, 0.5) is 0 Å². The van der Waals surface area contributed by atoms with E-state index >= 15 is 0 Å². The van der Waals surface area contributed by atoms with Gasteiger partial charge < -0.3 is 9.32 Å². The normalized spacial score (nSPS) is 21.0. The van der Waals surface area contributed by atoms with Crippen molar-refractivity contribution in [2.24, 2.45) is 0 Å². The molecule has 1 amide bonds. The van der Waals surface area contributed by atoms with E-state index in [-0.39, 0.29) is 11.8 Å². The smallest absolute Gasteiger partial charge is 0.236 e. The van der Waals surface area contributed by atoms with Crippen LogP contribution in [0.3, 0.4) is 0 Å². The number of hydrogen-bond acceptors (Lipinski definition) is 5. The Bertz CT molecular complexity index is 500. The molecule has 122 valence electrons. The minimum atomic E-state index is 0.277. The molecule has 6 heteroatoms. The van der Waals surface area contributed by atoms with E-state index in [2.05, 4.69) is 28.9 Å². The second kappa shape index (κ2) is 6.77. The van der Waals surface area contributed by atoms with Crippen LogP contribution in [0.25, 0.3) is 0 Å². The van der Waals surface area contributed by atoms with Gasteiger partial charge in [-0.3, -0.25) is 9.69 Å². The summed E-state index contributed by atoms with van der Waals surface area (Å²) in [7, 11) is 0. The summed E-state index contributed by atoms with van der Waals surface area (Å²) in [5.41, 5.74) is 0. The first-order valence-electron chi connectivity index (χ1n) is 8.47. The Hall–Kier alpha value is -1.43. The molecule has 3 rings (SSSR count). The van der Waals surface area contributed by atoms with Crippen molar-refractivity contribution in [3.63, 3.8) is 0 Å². The van der Waals surface area contributed by atoms with Crippen LogP contribution in [0.1, 0.15) is 63.1 Å². The van der Waals surface area contributed by atoms with E-state index < -0.39 is 0 Å². The van der Waals surface area contributed by atoms with Gasteiger partial charge in [0, 0.05) is 24.9 Å². The molecule has 22 heavy (non-hydrogen) atoms. The number of aromatic nitrogens is 2. The number of amides is 1. The molecule has 6 nitrogen and oxygen atoms in total. The average Bonchev–Trinajstić information content (AvgIpc) is 3.20. The van der Waals surface area contributed by atoms with Gasteiger partial charge in [-0.05, 0) is 38.8 Å². The van der Waals surface area contributed by atoms with Gasteiger partial charge in [0.05, 0.1) is 6.54 Å². The SMILES string of the molecule is CC(C)c1nnc(C2CCN(CC(=O)N3CCCC3)CC2)o1. The molecule has 0 unspecified atom stereocenters. The van der Waals surface area contributed by atoms with Gasteiger partial charge in [0.1, 0.15) is 0 Å². The van der Waals surface area contributed by atoms with Gasteiger partial charge in [-0.15, -0.1) is 10.2 Å². The van der Waals surface area contributed by atoms with Crippen molar-refractivity contribution in [1.29, 1.82) is 0 Å². The van der Waals surface area contributed by atoms with Gasteiger partial charge in [-0.25, -0.2) is 0 Å². The van der Waals surface area contributed by atoms with Crippen molar-refractivity contribution < 1.29 is 9.21 Å². The van der Waals surface area contributed by atoms with Crippen molar-refractivity contribution in [2.45, 2.75) is 51.4 Å². The molecular formula is C16H26N4O2. The number of nitrogens with zero attached hydrogens (tertiary/aromatic N) is 4. The van der Waals surface area contributed by atoms with E-state index in [9.17, 15) is 4.79 Å². The van der Waals surface area contributed by atoms with Crippen LogP contribution in [0, 0.1) is 0 Å². The zero-order chi connectivity index (χ0) is 15.5. The second-order valence-electron chi connectivity index (χ2n) is 6.77. The molecular weight excluding hydrogens is 280 g/mol. The van der Waals surface area contributed by atoms with Gasteiger partial charge in [-0.1, -0.05) is 13.8 Å². The zero-order valence-corrected chi connectivity index (χ0v) is 13.6. The minimum Gasteiger partial charge on any atom is -0.425 e. The first-order valence-corrected chi connectivity index (χ1v) is 8.47. The topological polar surface area (TPSA) is 62.5 Å². The van der Waals surface area contributed by atoms with Gasteiger partial charge >= 0.3 is 0 Å². The fourth-order valence-corrected chi connectivity index (χ4v) is 3.24. The Morgan fingerprint density at radius 2 is 1.86 bits per heavy atom. The molecule has 0 bridgehead atoms. The predicted octanol–water partition coefficient (Wildman–Crippen LogP) is 1.99. The summed E-state index contributed by atoms with van der Waals surface area (Å²) in [4.78, 5) is 16.4. The third kappa shape index (κ3) is 3.48. The molecule has 0 N–H and O–H groups in total. The fraction of sp³-hybridized carbons (Fsp3) is 0.812. The highest BCUT2D eigenvalue weighted by Crippen LogP contribution is 2.28. The van der Waals surface area contributed by atoms with Crippen molar-refractivity contribution in [1.82, 2.24) is 20.0 Å². The lowest BCUT2D eigenvalue weighted by molar-refractivity contribution is -0.131. The Labute approximate surface area is 131 Å². The monoisotopic (exact) mass is 306 g/mol. The van der Waals surface area contributed by atoms with E-state index in [1.165, 1.54) is 0 Å². The van der Waals surface area contributed by atoms with Crippen LogP contribution in [0.5, 0.6) is 0 Å². The molecule has 2 saturated heterocycles. The molecule has 1 aromatic rings. The number of piperidine rings is 1. The fourth-order valence-electron chi connectivity index (χ4n) is 3.24. The van der Waals surface area contributed by atoms with Crippen LogP contribution < -0.4 is 0 Å². The maximum Gasteiger partial charge on any atom is 0.236 e. The molecule has 3 heterocycles. The Morgan fingerprint density at radius 3 is 2.45 bits per heavy atom. The summed E-state index contributed by atoms with van der Waals surface area (Å²) in [6, 6.07) is 0. The van der Waals surface area contributed by atoms with Crippen LogP contribution >= 0.6 is 0 Å². The lowest BCUT2D eigenvalue weighted by atomic mass is 9.97. The van der Waals surface area contributed by atoms with Crippen molar-refractivity contribution >= 4 is 5.91 Å².